The van der Waals surface area contributed by atoms with Gasteiger partial charge in [0.05, 0.1) is 16.1 Å². The summed E-state index contributed by atoms with van der Waals surface area (Å²) in [7, 11) is 0. The molecule has 7 heteroatoms. The number of fused-ring (bicyclic) bond motifs is 1. The fourth-order valence-electron chi connectivity index (χ4n) is 2.82. The second-order valence-corrected chi connectivity index (χ2v) is 6.39. The van der Waals surface area contributed by atoms with E-state index in [1.165, 1.54) is 15.9 Å². The van der Waals surface area contributed by atoms with Crippen LogP contribution in [0.25, 0.3) is 21.6 Å². The molecule has 0 saturated carbocycles. The molecule has 3 heterocycles. The van der Waals surface area contributed by atoms with Crippen molar-refractivity contribution in [2.75, 3.05) is 0 Å². The summed E-state index contributed by atoms with van der Waals surface area (Å²) in [6, 6.07) is 5.47. The second kappa shape index (κ2) is 6.08. The molecule has 0 radical (unpaired) electrons. The van der Waals surface area contributed by atoms with Crippen molar-refractivity contribution in [1.29, 1.82) is 0 Å². The van der Waals surface area contributed by atoms with Crippen LogP contribution >= 0.6 is 11.3 Å². The fraction of sp³-hybridized carbons (Fsp3) is 0.375. The Morgan fingerprint density at radius 3 is 2.43 bits per heavy atom. The third-order valence-electron chi connectivity index (χ3n) is 3.82. The molecule has 0 spiro atoms. The molecule has 0 aliphatic carbocycles. The van der Waals surface area contributed by atoms with Gasteiger partial charge in [0.25, 0.3) is 5.56 Å². The zero-order valence-corrected chi connectivity index (χ0v) is 14.0. The first-order valence-electron chi connectivity index (χ1n) is 7.72. The average Bonchev–Trinajstić information content (AvgIpc) is 3.16. The number of rotatable bonds is 5. The summed E-state index contributed by atoms with van der Waals surface area (Å²) in [5.74, 6) is 0. The minimum absolute atomic E-state index is 0.162. The molecule has 3 rings (SSSR count). The van der Waals surface area contributed by atoms with Crippen LogP contribution in [0.5, 0.6) is 0 Å². The lowest BCUT2D eigenvalue weighted by atomic mass is 10.3. The molecule has 3 aromatic rings. The van der Waals surface area contributed by atoms with Crippen LogP contribution in [0.15, 0.2) is 33.2 Å². The molecule has 0 saturated heterocycles. The van der Waals surface area contributed by atoms with Gasteiger partial charge in [-0.05, 0) is 30.4 Å². The van der Waals surface area contributed by atoms with Crippen molar-refractivity contribution in [1.82, 2.24) is 13.9 Å². The normalized spacial score (nSPS) is 11.4. The Labute approximate surface area is 136 Å². The van der Waals surface area contributed by atoms with Crippen molar-refractivity contribution in [3.63, 3.8) is 0 Å². The van der Waals surface area contributed by atoms with E-state index in [-0.39, 0.29) is 11.2 Å². The van der Waals surface area contributed by atoms with Crippen LogP contribution < -0.4 is 11.2 Å². The van der Waals surface area contributed by atoms with Gasteiger partial charge >= 0.3 is 5.69 Å². The molecule has 0 aromatic carbocycles. The molecule has 0 bridgehead atoms. The molecule has 6 nitrogen and oxygen atoms in total. The first kappa shape index (κ1) is 15.6. The minimum atomic E-state index is -0.440. The maximum absolute atomic E-state index is 12.7. The first-order chi connectivity index (χ1) is 11.1. The van der Waals surface area contributed by atoms with Gasteiger partial charge in [0.2, 0.25) is 0 Å². The third-order valence-corrected chi connectivity index (χ3v) is 4.72. The van der Waals surface area contributed by atoms with E-state index < -0.39 is 5.56 Å². The number of aromatic nitrogens is 3. The molecule has 0 atom stereocenters. The largest absolute Gasteiger partial charge is 0.428 e. The highest BCUT2D eigenvalue weighted by atomic mass is 32.1. The predicted molar refractivity (Wildman–Crippen MR) is 91.5 cm³/mol. The summed E-state index contributed by atoms with van der Waals surface area (Å²) < 4.78 is 3.71. The highest BCUT2D eigenvalue weighted by molar-refractivity contribution is 7.13. The Hall–Kier alpha value is -2.28. The number of hydrogen-bond donors (Lipinski definition) is 1. The maximum atomic E-state index is 12.7. The van der Waals surface area contributed by atoms with Crippen molar-refractivity contribution < 1.29 is 5.21 Å². The van der Waals surface area contributed by atoms with E-state index in [1.807, 2.05) is 31.4 Å². The van der Waals surface area contributed by atoms with Crippen molar-refractivity contribution in [3.05, 3.63) is 44.4 Å². The van der Waals surface area contributed by atoms with Crippen molar-refractivity contribution in [3.8, 4) is 10.6 Å². The molecule has 0 aliphatic heterocycles. The highest BCUT2D eigenvalue weighted by Crippen LogP contribution is 2.28. The number of thiophene rings is 1. The van der Waals surface area contributed by atoms with E-state index in [9.17, 15) is 14.8 Å². The van der Waals surface area contributed by atoms with Gasteiger partial charge in [-0.15, -0.1) is 11.3 Å². The molecule has 0 aliphatic rings. The molecule has 3 aromatic heterocycles. The Bertz CT molecular complexity index is 948. The van der Waals surface area contributed by atoms with Crippen LogP contribution in [-0.2, 0) is 13.1 Å². The fourth-order valence-corrected chi connectivity index (χ4v) is 3.54. The molecule has 122 valence electrons. The summed E-state index contributed by atoms with van der Waals surface area (Å²) in [6.07, 6.45) is 1.45. The van der Waals surface area contributed by atoms with Gasteiger partial charge in [0.15, 0.2) is 5.52 Å². The second-order valence-electron chi connectivity index (χ2n) is 5.44. The van der Waals surface area contributed by atoms with Gasteiger partial charge in [-0.1, -0.05) is 19.9 Å². The van der Waals surface area contributed by atoms with E-state index in [1.54, 1.807) is 10.6 Å². The summed E-state index contributed by atoms with van der Waals surface area (Å²) in [5.41, 5.74) is 0.430. The van der Waals surface area contributed by atoms with Crippen molar-refractivity contribution in [2.24, 2.45) is 0 Å². The van der Waals surface area contributed by atoms with Gasteiger partial charge in [0, 0.05) is 13.1 Å². The Balaban J connectivity index is 2.42. The zero-order valence-electron chi connectivity index (χ0n) is 13.2. The summed E-state index contributed by atoms with van der Waals surface area (Å²) in [4.78, 5) is 26.1. The quantitative estimate of drug-likeness (QED) is 0.730. The van der Waals surface area contributed by atoms with Crippen LogP contribution in [0.2, 0.25) is 0 Å². The zero-order chi connectivity index (χ0) is 16.6. The monoisotopic (exact) mass is 333 g/mol. The highest BCUT2D eigenvalue weighted by Gasteiger charge is 2.20. The standard InChI is InChI=1S/C16H19N3O3S/c1-3-7-17-12-10-11(13-6-5-9-23-13)19(22)14(12)15(20)18(8-4-2)16(17)21/h5-6,9-10,22H,3-4,7-8H2,1-2H3. The Morgan fingerprint density at radius 1 is 1.13 bits per heavy atom. The molecular formula is C16H19N3O3S. The summed E-state index contributed by atoms with van der Waals surface area (Å²) in [6.45, 7) is 4.74. The molecule has 0 unspecified atom stereocenters. The van der Waals surface area contributed by atoms with Crippen LogP contribution in [0, 0.1) is 0 Å². The molecular weight excluding hydrogens is 314 g/mol. The van der Waals surface area contributed by atoms with Crippen LogP contribution in [-0.4, -0.2) is 19.1 Å². The van der Waals surface area contributed by atoms with E-state index in [2.05, 4.69) is 0 Å². The topological polar surface area (TPSA) is 69.2 Å². The first-order valence-corrected chi connectivity index (χ1v) is 8.60. The van der Waals surface area contributed by atoms with Gasteiger partial charge < -0.3 is 5.21 Å². The molecule has 0 amide bonds. The van der Waals surface area contributed by atoms with Crippen LogP contribution in [0.4, 0.5) is 0 Å². The Kier molecular flexibility index (Phi) is 4.12. The third kappa shape index (κ3) is 2.41. The van der Waals surface area contributed by atoms with E-state index in [0.717, 1.165) is 16.0 Å². The van der Waals surface area contributed by atoms with Crippen LogP contribution in [0.1, 0.15) is 26.7 Å². The molecule has 0 fully saturated rings. The van der Waals surface area contributed by atoms with Crippen molar-refractivity contribution in [2.45, 2.75) is 39.8 Å². The van der Waals surface area contributed by atoms with Gasteiger partial charge in [0.1, 0.15) is 0 Å². The molecule has 23 heavy (non-hydrogen) atoms. The van der Waals surface area contributed by atoms with Crippen molar-refractivity contribution >= 4 is 22.4 Å². The Morgan fingerprint density at radius 2 is 1.83 bits per heavy atom. The minimum Gasteiger partial charge on any atom is -0.428 e. The molecule has 1 N–H and O–H groups in total. The maximum Gasteiger partial charge on any atom is 0.331 e. The lowest BCUT2D eigenvalue weighted by Gasteiger charge is -2.10. The van der Waals surface area contributed by atoms with Gasteiger partial charge in [-0.25, -0.2) is 4.79 Å². The SMILES string of the molecule is CCCn1c(=O)c2c(cc(-c3cccs3)n2O)n(CCC)c1=O. The average molecular weight is 333 g/mol. The lowest BCUT2D eigenvalue weighted by Crippen LogP contribution is -2.40. The lowest BCUT2D eigenvalue weighted by molar-refractivity contribution is 0.203. The van der Waals surface area contributed by atoms with E-state index >= 15 is 0 Å². The van der Waals surface area contributed by atoms with Crippen LogP contribution in [0.3, 0.4) is 0 Å². The smallest absolute Gasteiger partial charge is 0.331 e. The predicted octanol–water partition coefficient (Wildman–Crippen LogP) is 2.75. The van der Waals surface area contributed by atoms with Gasteiger partial charge in [-0.2, -0.15) is 4.73 Å². The number of hydrogen-bond acceptors (Lipinski definition) is 4. The van der Waals surface area contributed by atoms with E-state index in [0.29, 0.717) is 30.7 Å². The van der Waals surface area contributed by atoms with E-state index in [4.69, 9.17) is 0 Å². The number of aryl methyl sites for hydroxylation is 1. The van der Waals surface area contributed by atoms with Gasteiger partial charge in [-0.3, -0.25) is 13.9 Å². The number of nitrogens with zero attached hydrogens (tertiary/aromatic N) is 3. The summed E-state index contributed by atoms with van der Waals surface area (Å²) in [5, 5.41) is 12.4. The summed E-state index contributed by atoms with van der Waals surface area (Å²) >= 11 is 1.47.